The zero-order valence-corrected chi connectivity index (χ0v) is 11.4. The SMILES string of the molecule is Cl.O=C(Nc1cccnc1)c1ccc(Cl)c(Cl)c1. The van der Waals surface area contributed by atoms with Gasteiger partial charge in [0, 0.05) is 11.8 Å². The first-order chi connectivity index (χ1) is 8.16. The molecule has 0 atom stereocenters. The quantitative estimate of drug-likeness (QED) is 0.909. The normalized spacial score (nSPS) is 9.44. The van der Waals surface area contributed by atoms with Crippen molar-refractivity contribution in [1.82, 2.24) is 4.98 Å². The summed E-state index contributed by atoms with van der Waals surface area (Å²) in [5.41, 5.74) is 1.08. The molecular formula is C12H9Cl3N2O. The number of rotatable bonds is 2. The molecule has 1 aromatic carbocycles. The number of nitrogens with zero attached hydrogens (tertiary/aromatic N) is 1. The molecule has 0 spiro atoms. The number of halogens is 3. The minimum Gasteiger partial charge on any atom is -0.321 e. The maximum atomic E-state index is 11.8. The van der Waals surface area contributed by atoms with Crippen molar-refractivity contribution in [3.63, 3.8) is 0 Å². The van der Waals surface area contributed by atoms with E-state index < -0.39 is 0 Å². The van der Waals surface area contributed by atoms with E-state index >= 15 is 0 Å². The third-order valence-electron chi connectivity index (χ3n) is 2.10. The van der Waals surface area contributed by atoms with Crippen LogP contribution in [0.2, 0.25) is 10.0 Å². The van der Waals surface area contributed by atoms with Crippen LogP contribution >= 0.6 is 35.6 Å². The highest BCUT2D eigenvalue weighted by Gasteiger charge is 2.08. The second-order valence-corrected chi connectivity index (χ2v) is 4.14. The van der Waals surface area contributed by atoms with Crippen molar-refractivity contribution < 1.29 is 4.79 Å². The molecule has 2 rings (SSSR count). The van der Waals surface area contributed by atoms with Crippen molar-refractivity contribution in [3.05, 3.63) is 58.3 Å². The van der Waals surface area contributed by atoms with Gasteiger partial charge in [-0.05, 0) is 30.3 Å². The van der Waals surface area contributed by atoms with Gasteiger partial charge in [-0.1, -0.05) is 23.2 Å². The van der Waals surface area contributed by atoms with Crippen molar-refractivity contribution in [2.24, 2.45) is 0 Å². The number of pyridine rings is 1. The minimum atomic E-state index is -0.253. The molecule has 2 aromatic rings. The second kappa shape index (κ2) is 6.59. The van der Waals surface area contributed by atoms with Gasteiger partial charge >= 0.3 is 0 Å². The van der Waals surface area contributed by atoms with E-state index in [1.54, 1.807) is 36.7 Å². The zero-order valence-electron chi connectivity index (χ0n) is 9.06. The Morgan fingerprint density at radius 2 is 1.94 bits per heavy atom. The van der Waals surface area contributed by atoms with E-state index in [0.717, 1.165) is 0 Å². The molecule has 3 nitrogen and oxygen atoms in total. The number of nitrogens with one attached hydrogen (secondary N) is 1. The lowest BCUT2D eigenvalue weighted by Crippen LogP contribution is -2.11. The van der Waals surface area contributed by atoms with Crippen LogP contribution in [0.1, 0.15) is 10.4 Å². The molecule has 1 N–H and O–H groups in total. The summed E-state index contributed by atoms with van der Waals surface area (Å²) in [5.74, 6) is -0.253. The Morgan fingerprint density at radius 1 is 1.17 bits per heavy atom. The fourth-order valence-corrected chi connectivity index (χ4v) is 1.58. The first-order valence-electron chi connectivity index (χ1n) is 4.83. The molecule has 0 radical (unpaired) electrons. The van der Waals surface area contributed by atoms with Crippen LogP contribution in [0, 0.1) is 0 Å². The van der Waals surface area contributed by atoms with Crippen molar-refractivity contribution in [2.45, 2.75) is 0 Å². The molecule has 1 aromatic heterocycles. The number of benzene rings is 1. The maximum Gasteiger partial charge on any atom is 0.255 e. The molecule has 94 valence electrons. The summed E-state index contributed by atoms with van der Waals surface area (Å²) in [4.78, 5) is 15.7. The molecule has 0 fully saturated rings. The Morgan fingerprint density at radius 3 is 2.56 bits per heavy atom. The minimum absolute atomic E-state index is 0. The molecule has 0 aliphatic heterocycles. The smallest absolute Gasteiger partial charge is 0.255 e. The maximum absolute atomic E-state index is 11.8. The van der Waals surface area contributed by atoms with Crippen LogP contribution in [0.15, 0.2) is 42.7 Å². The van der Waals surface area contributed by atoms with Crippen LogP contribution in [0.3, 0.4) is 0 Å². The van der Waals surface area contributed by atoms with Gasteiger partial charge in [-0.2, -0.15) is 0 Å². The van der Waals surface area contributed by atoms with Gasteiger partial charge in [-0.15, -0.1) is 12.4 Å². The van der Waals surface area contributed by atoms with Crippen molar-refractivity contribution in [1.29, 1.82) is 0 Å². The van der Waals surface area contributed by atoms with Gasteiger partial charge in [0.25, 0.3) is 5.91 Å². The average molecular weight is 304 g/mol. The lowest BCUT2D eigenvalue weighted by Gasteiger charge is -2.05. The molecule has 6 heteroatoms. The van der Waals surface area contributed by atoms with E-state index in [0.29, 0.717) is 21.3 Å². The van der Waals surface area contributed by atoms with Crippen molar-refractivity contribution >= 4 is 47.2 Å². The number of anilines is 1. The largest absolute Gasteiger partial charge is 0.321 e. The van der Waals surface area contributed by atoms with Crippen LogP contribution in [-0.2, 0) is 0 Å². The summed E-state index contributed by atoms with van der Waals surface area (Å²) >= 11 is 11.6. The molecule has 0 saturated carbocycles. The van der Waals surface area contributed by atoms with Gasteiger partial charge in [0.2, 0.25) is 0 Å². The average Bonchev–Trinajstić information content (AvgIpc) is 2.34. The van der Waals surface area contributed by atoms with Gasteiger partial charge in [-0.3, -0.25) is 9.78 Å². The monoisotopic (exact) mass is 302 g/mol. The topological polar surface area (TPSA) is 42.0 Å². The van der Waals surface area contributed by atoms with Crippen LogP contribution in [0.4, 0.5) is 5.69 Å². The molecule has 1 heterocycles. The van der Waals surface area contributed by atoms with Gasteiger partial charge in [0.1, 0.15) is 0 Å². The highest BCUT2D eigenvalue weighted by Crippen LogP contribution is 2.23. The van der Waals surface area contributed by atoms with Gasteiger partial charge in [-0.25, -0.2) is 0 Å². The fraction of sp³-hybridized carbons (Fsp3) is 0. The van der Waals surface area contributed by atoms with Crippen molar-refractivity contribution in [3.8, 4) is 0 Å². The zero-order chi connectivity index (χ0) is 12.3. The summed E-state index contributed by atoms with van der Waals surface area (Å²) < 4.78 is 0. The molecule has 0 aliphatic rings. The van der Waals surface area contributed by atoms with E-state index in [-0.39, 0.29) is 18.3 Å². The highest BCUT2D eigenvalue weighted by atomic mass is 35.5. The standard InChI is InChI=1S/C12H8Cl2N2O.ClH/c13-10-4-3-8(6-11(10)14)12(17)16-9-2-1-5-15-7-9;/h1-7H,(H,16,17);1H. The first-order valence-corrected chi connectivity index (χ1v) is 5.59. The Balaban J connectivity index is 0.00000162. The van der Waals surface area contributed by atoms with Crippen molar-refractivity contribution in [2.75, 3.05) is 5.32 Å². The van der Waals surface area contributed by atoms with Crippen LogP contribution in [0.25, 0.3) is 0 Å². The highest BCUT2D eigenvalue weighted by molar-refractivity contribution is 6.42. The summed E-state index contributed by atoms with van der Waals surface area (Å²) in [7, 11) is 0. The number of aromatic nitrogens is 1. The molecule has 18 heavy (non-hydrogen) atoms. The number of hydrogen-bond acceptors (Lipinski definition) is 2. The van der Waals surface area contributed by atoms with E-state index in [1.165, 1.54) is 6.07 Å². The lowest BCUT2D eigenvalue weighted by atomic mass is 10.2. The summed E-state index contributed by atoms with van der Waals surface area (Å²) in [6.45, 7) is 0. The third kappa shape index (κ3) is 3.60. The Hall–Kier alpha value is -1.29. The fourth-order valence-electron chi connectivity index (χ4n) is 1.28. The van der Waals surface area contributed by atoms with Gasteiger partial charge < -0.3 is 5.32 Å². The Bertz CT molecular complexity index is 546. The molecule has 1 amide bonds. The summed E-state index contributed by atoms with van der Waals surface area (Å²) in [6.07, 6.45) is 3.20. The van der Waals surface area contributed by atoms with Crippen LogP contribution in [0.5, 0.6) is 0 Å². The second-order valence-electron chi connectivity index (χ2n) is 3.32. The number of carbonyl (C=O) groups is 1. The third-order valence-corrected chi connectivity index (χ3v) is 2.84. The lowest BCUT2D eigenvalue weighted by molar-refractivity contribution is 0.102. The van der Waals surface area contributed by atoms with E-state index in [2.05, 4.69) is 10.3 Å². The Kier molecular flexibility index (Phi) is 5.41. The molecule has 0 saturated heterocycles. The van der Waals surface area contributed by atoms with Crippen LogP contribution in [-0.4, -0.2) is 10.9 Å². The van der Waals surface area contributed by atoms with E-state index in [9.17, 15) is 4.79 Å². The molecule has 0 unspecified atom stereocenters. The predicted octanol–water partition coefficient (Wildman–Crippen LogP) is 4.06. The predicted molar refractivity (Wildman–Crippen MR) is 75.9 cm³/mol. The van der Waals surface area contributed by atoms with E-state index in [4.69, 9.17) is 23.2 Å². The molecule has 0 aliphatic carbocycles. The summed E-state index contributed by atoms with van der Waals surface area (Å²) in [6, 6.07) is 8.21. The van der Waals surface area contributed by atoms with Gasteiger partial charge in [0.15, 0.2) is 0 Å². The first kappa shape index (κ1) is 14.8. The number of carbonyl (C=O) groups excluding carboxylic acids is 1. The number of hydrogen-bond donors (Lipinski definition) is 1. The number of amides is 1. The molecule has 0 bridgehead atoms. The van der Waals surface area contributed by atoms with Crippen LogP contribution < -0.4 is 5.32 Å². The van der Waals surface area contributed by atoms with Gasteiger partial charge in [0.05, 0.1) is 21.9 Å². The summed E-state index contributed by atoms with van der Waals surface area (Å²) in [5, 5.41) is 3.47. The molecular weight excluding hydrogens is 295 g/mol. The Labute approximate surface area is 121 Å². The van der Waals surface area contributed by atoms with E-state index in [1.807, 2.05) is 0 Å².